The monoisotopic (exact) mass is 582 g/mol. The Balaban J connectivity index is 1.21. The zero-order valence-electron chi connectivity index (χ0n) is 23.2. The van der Waals surface area contributed by atoms with Crippen molar-refractivity contribution in [2.45, 2.75) is 50.7 Å². The van der Waals surface area contributed by atoms with Crippen molar-refractivity contribution in [3.63, 3.8) is 0 Å². The number of amides is 2. The molecule has 3 heterocycles. The number of piperidine rings is 2. The predicted octanol–water partition coefficient (Wildman–Crippen LogP) is 2.99. The molecule has 11 heteroatoms. The summed E-state index contributed by atoms with van der Waals surface area (Å²) in [5, 5.41) is 24.1. The number of benzene rings is 2. The zero-order chi connectivity index (χ0) is 29.4. The Morgan fingerprint density at radius 1 is 1.10 bits per heavy atom. The fourth-order valence-corrected chi connectivity index (χ4v) is 6.63. The number of phenols is 1. The molecule has 2 aromatic carbocycles. The van der Waals surface area contributed by atoms with Gasteiger partial charge in [0.25, 0.3) is 11.8 Å². The molecule has 0 aliphatic carbocycles. The number of amidine groups is 1. The predicted molar refractivity (Wildman–Crippen MR) is 155 cm³/mol. The Labute approximate surface area is 242 Å². The van der Waals surface area contributed by atoms with E-state index in [1.807, 2.05) is 24.2 Å². The molecule has 3 aliphatic heterocycles. The van der Waals surface area contributed by atoms with Gasteiger partial charge in [-0.25, -0.2) is 4.39 Å². The van der Waals surface area contributed by atoms with Crippen molar-refractivity contribution in [1.82, 2.24) is 14.5 Å². The first-order valence-electron chi connectivity index (χ1n) is 13.8. The first-order valence-corrected chi connectivity index (χ1v) is 14.9. The quantitative estimate of drug-likeness (QED) is 0.450. The Kier molecular flexibility index (Phi) is 8.24. The molecule has 1 spiro atoms. The highest BCUT2D eigenvalue weighted by Crippen LogP contribution is 2.33. The van der Waals surface area contributed by atoms with Gasteiger partial charge in [0.1, 0.15) is 29.2 Å². The molecule has 2 amide bonds. The molecule has 3 aliphatic rings. The molecule has 41 heavy (non-hydrogen) atoms. The number of halogens is 1. The van der Waals surface area contributed by atoms with Gasteiger partial charge in [-0.2, -0.15) is 0 Å². The molecular weight excluding hydrogens is 547 g/mol. The number of carbonyl (C=O) groups is 2. The van der Waals surface area contributed by atoms with E-state index in [2.05, 4.69) is 5.32 Å². The van der Waals surface area contributed by atoms with Crippen LogP contribution < -0.4 is 5.32 Å². The summed E-state index contributed by atoms with van der Waals surface area (Å²) in [6.45, 7) is 4.49. The molecule has 5 rings (SSSR count). The van der Waals surface area contributed by atoms with E-state index in [4.69, 9.17) is 4.99 Å². The van der Waals surface area contributed by atoms with Crippen molar-refractivity contribution in [2.75, 3.05) is 32.9 Å². The first-order chi connectivity index (χ1) is 19.5. The molecule has 0 aromatic heterocycles. The molecule has 1 unspecified atom stereocenters. The zero-order valence-corrected chi connectivity index (χ0v) is 24.0. The van der Waals surface area contributed by atoms with Gasteiger partial charge in [0, 0.05) is 37.3 Å². The van der Waals surface area contributed by atoms with E-state index in [1.165, 1.54) is 0 Å². The van der Waals surface area contributed by atoms with Crippen LogP contribution in [0.2, 0.25) is 0 Å². The summed E-state index contributed by atoms with van der Waals surface area (Å²) in [4.78, 5) is 32.3. The fourth-order valence-electron chi connectivity index (χ4n) is 5.66. The van der Waals surface area contributed by atoms with Crippen molar-refractivity contribution in [2.24, 2.45) is 4.99 Å². The lowest BCUT2D eigenvalue weighted by atomic mass is 9.89. The van der Waals surface area contributed by atoms with Crippen LogP contribution in [0.5, 0.6) is 5.75 Å². The van der Waals surface area contributed by atoms with E-state index in [9.17, 15) is 28.7 Å². The lowest BCUT2D eigenvalue weighted by molar-refractivity contribution is -0.124. The van der Waals surface area contributed by atoms with Crippen LogP contribution in [0, 0.1) is 13.8 Å². The third-order valence-corrected chi connectivity index (χ3v) is 9.59. The summed E-state index contributed by atoms with van der Waals surface area (Å²) >= 11 is -1.41. The standard InChI is InChI=1S/C30H35FN4O5S/c1-20-17-23(27(37)34-12-8-29(39,19-31)9-13-34)18-21(2)25(20)7-16-41(40)35-14-10-30(11-15-35)28(38)32-26(33-30)22-3-5-24(36)6-4-22/h3-7,16-18,36,39H,8-15,19H2,1-2H3,(H,32,33,38)/b16-7+. The van der Waals surface area contributed by atoms with E-state index in [1.54, 1.807) is 46.7 Å². The summed E-state index contributed by atoms with van der Waals surface area (Å²) in [5.74, 6) is 0.314. The topological polar surface area (TPSA) is 129 Å². The van der Waals surface area contributed by atoms with Crippen molar-refractivity contribution >= 4 is 35.1 Å². The van der Waals surface area contributed by atoms with Crippen LogP contribution in [0.15, 0.2) is 46.8 Å². The number of aromatic hydroxyl groups is 1. The van der Waals surface area contributed by atoms with Gasteiger partial charge in [-0.05, 0) is 98.7 Å². The number of nitrogens with zero attached hydrogens (tertiary/aromatic N) is 3. The molecule has 1 atom stereocenters. The summed E-state index contributed by atoms with van der Waals surface area (Å²) < 4.78 is 28.0. The summed E-state index contributed by atoms with van der Waals surface area (Å²) in [6.07, 6.45) is 3.12. The minimum absolute atomic E-state index is 0.139. The Morgan fingerprint density at radius 3 is 2.29 bits per heavy atom. The molecule has 3 N–H and O–H groups in total. The van der Waals surface area contributed by atoms with Crippen molar-refractivity contribution in [3.8, 4) is 5.75 Å². The van der Waals surface area contributed by atoms with E-state index in [0.717, 1.165) is 22.3 Å². The number of alkyl halides is 1. The maximum atomic E-state index is 13.1. The highest BCUT2D eigenvalue weighted by molar-refractivity contribution is 7.92. The number of phenolic OH excluding ortho intramolecular Hbond substituents is 1. The minimum atomic E-state index is -1.41. The van der Waals surface area contributed by atoms with Gasteiger partial charge >= 0.3 is 0 Å². The maximum Gasteiger partial charge on any atom is 0.253 e. The van der Waals surface area contributed by atoms with Crippen molar-refractivity contribution in [3.05, 3.63) is 69.6 Å². The Morgan fingerprint density at radius 2 is 1.71 bits per heavy atom. The number of hydrogen-bond acceptors (Lipinski definition) is 7. The second-order valence-corrected chi connectivity index (χ2v) is 12.5. The average Bonchev–Trinajstić information content (AvgIpc) is 3.28. The average molecular weight is 583 g/mol. The molecule has 0 radical (unpaired) electrons. The third kappa shape index (κ3) is 6.04. The fraction of sp³-hybridized carbons (Fsp3) is 0.433. The number of aliphatic imine (C=N–C) groups is 1. The molecule has 218 valence electrons. The molecule has 2 saturated heterocycles. The highest BCUT2D eigenvalue weighted by atomic mass is 32.2. The summed E-state index contributed by atoms with van der Waals surface area (Å²) in [6, 6.07) is 10.1. The number of aryl methyl sites for hydroxylation is 2. The van der Waals surface area contributed by atoms with Crippen LogP contribution >= 0.6 is 0 Å². The molecule has 0 bridgehead atoms. The first kappa shape index (κ1) is 29.2. The smallest absolute Gasteiger partial charge is 0.253 e. The Bertz CT molecular complexity index is 1360. The van der Waals surface area contributed by atoms with E-state index in [0.29, 0.717) is 50.4 Å². The number of rotatable bonds is 6. The van der Waals surface area contributed by atoms with Gasteiger partial charge in [-0.3, -0.25) is 14.6 Å². The number of hydrogen-bond donors (Lipinski definition) is 3. The van der Waals surface area contributed by atoms with Crippen molar-refractivity contribution in [1.29, 1.82) is 0 Å². The van der Waals surface area contributed by atoms with E-state index < -0.39 is 29.2 Å². The number of carbonyl (C=O) groups excluding carboxylic acids is 2. The summed E-state index contributed by atoms with van der Waals surface area (Å²) in [7, 11) is 0. The van der Waals surface area contributed by atoms with Crippen LogP contribution in [0.3, 0.4) is 0 Å². The van der Waals surface area contributed by atoms with E-state index in [-0.39, 0.29) is 30.4 Å². The second kappa shape index (κ2) is 11.6. The van der Waals surface area contributed by atoms with Gasteiger partial charge < -0.3 is 25.0 Å². The SMILES string of the molecule is Cc1cc(C(=O)N2CCC(O)(CF)CC2)cc(C)c1/C=C/[S+]([O-])N1CCC2(CC1)N=C(c1ccc(O)cc1)NC2=O. The molecular formula is C30H35FN4O5S. The van der Waals surface area contributed by atoms with Crippen LogP contribution in [-0.4, -0.2) is 85.6 Å². The van der Waals surface area contributed by atoms with Gasteiger partial charge in [0.2, 0.25) is 0 Å². The van der Waals surface area contributed by atoms with Gasteiger partial charge in [0.15, 0.2) is 0 Å². The van der Waals surface area contributed by atoms with Crippen molar-refractivity contribution < 1.29 is 28.7 Å². The number of likely N-dealkylation sites (tertiary alicyclic amines) is 1. The molecule has 2 aromatic rings. The lowest BCUT2D eigenvalue weighted by Gasteiger charge is -2.36. The largest absolute Gasteiger partial charge is 0.593 e. The van der Waals surface area contributed by atoms with Gasteiger partial charge in [0.05, 0.1) is 17.0 Å². The maximum absolute atomic E-state index is 13.1. The molecule has 2 fully saturated rings. The number of nitrogens with one attached hydrogen (secondary N) is 1. The molecule has 0 saturated carbocycles. The van der Waals surface area contributed by atoms with Gasteiger partial charge in [-0.1, -0.05) is 0 Å². The lowest BCUT2D eigenvalue weighted by Crippen LogP contribution is -2.50. The molecule has 9 nitrogen and oxygen atoms in total. The van der Waals surface area contributed by atoms with Crippen LogP contribution in [-0.2, 0) is 16.2 Å². The van der Waals surface area contributed by atoms with Gasteiger partial charge in [-0.15, -0.1) is 4.31 Å². The third-order valence-electron chi connectivity index (χ3n) is 8.35. The van der Waals surface area contributed by atoms with Crippen LogP contribution in [0.1, 0.15) is 58.3 Å². The highest BCUT2D eigenvalue weighted by Gasteiger charge is 2.47. The summed E-state index contributed by atoms with van der Waals surface area (Å²) in [5.41, 5.74) is 1.66. The normalized spacial score (nSPS) is 21.2. The van der Waals surface area contributed by atoms with Crippen LogP contribution in [0.25, 0.3) is 6.08 Å². The minimum Gasteiger partial charge on any atom is -0.593 e. The van der Waals surface area contributed by atoms with E-state index >= 15 is 0 Å². The number of aliphatic hydroxyl groups is 1. The Hall–Kier alpha value is -3.25. The van der Waals surface area contributed by atoms with Crippen LogP contribution in [0.4, 0.5) is 4.39 Å². The second-order valence-electron chi connectivity index (χ2n) is 11.2.